The molecule has 0 saturated heterocycles. The Labute approximate surface area is 171 Å². The number of amides is 1. The predicted octanol–water partition coefficient (Wildman–Crippen LogP) is 4.59. The quantitative estimate of drug-likeness (QED) is 0.479. The largest absolute Gasteiger partial charge is 0.306 e. The minimum absolute atomic E-state index is 0.134. The van der Waals surface area contributed by atoms with E-state index in [0.717, 1.165) is 21.5 Å². The van der Waals surface area contributed by atoms with Crippen molar-refractivity contribution >= 4 is 44.1 Å². The number of carbonyl (C=O) groups excluding carboxylic acids is 1. The first-order valence-corrected chi connectivity index (χ1v) is 10.1. The number of aryl methyl sites for hydroxylation is 2. The van der Waals surface area contributed by atoms with Crippen molar-refractivity contribution in [1.29, 1.82) is 0 Å². The summed E-state index contributed by atoms with van der Waals surface area (Å²) in [5.74, 6) is 0.542. The van der Waals surface area contributed by atoms with Crippen molar-refractivity contribution in [2.45, 2.75) is 13.5 Å². The summed E-state index contributed by atoms with van der Waals surface area (Å²) >= 11 is 1.45. The average molecular weight is 401 g/mol. The summed E-state index contributed by atoms with van der Waals surface area (Å²) in [6, 6.07) is 18.3. The van der Waals surface area contributed by atoms with E-state index >= 15 is 0 Å². The molecule has 5 rings (SSSR count). The lowest BCUT2D eigenvalue weighted by Crippen LogP contribution is -2.15. The summed E-state index contributed by atoms with van der Waals surface area (Å²) in [5, 5.41) is 15.2. The van der Waals surface area contributed by atoms with Crippen molar-refractivity contribution in [3.05, 3.63) is 76.9 Å². The van der Waals surface area contributed by atoms with Crippen LogP contribution in [0.1, 0.15) is 20.9 Å². The van der Waals surface area contributed by atoms with Crippen LogP contribution in [0.4, 0.5) is 5.82 Å². The van der Waals surface area contributed by atoms with Crippen LogP contribution >= 0.6 is 11.3 Å². The highest BCUT2D eigenvalue weighted by Crippen LogP contribution is 2.28. The van der Waals surface area contributed by atoms with Crippen LogP contribution in [0.2, 0.25) is 0 Å². The van der Waals surface area contributed by atoms with Gasteiger partial charge in [-0.2, -0.15) is 10.2 Å². The topological polar surface area (TPSA) is 64.7 Å². The second-order valence-corrected chi connectivity index (χ2v) is 8.04. The van der Waals surface area contributed by atoms with Crippen LogP contribution in [0.15, 0.2) is 60.8 Å². The molecule has 0 saturated carbocycles. The van der Waals surface area contributed by atoms with Gasteiger partial charge in [-0.25, -0.2) is 4.68 Å². The van der Waals surface area contributed by atoms with Gasteiger partial charge in [0.05, 0.1) is 23.3 Å². The van der Waals surface area contributed by atoms with Gasteiger partial charge < -0.3 is 5.32 Å². The minimum atomic E-state index is -0.134. The zero-order valence-electron chi connectivity index (χ0n) is 16.1. The Kier molecular flexibility index (Phi) is 4.17. The number of thiophene rings is 1. The van der Waals surface area contributed by atoms with Gasteiger partial charge in [-0.3, -0.25) is 9.48 Å². The first-order valence-electron chi connectivity index (χ1n) is 9.33. The number of benzene rings is 2. The Morgan fingerprint density at radius 2 is 1.93 bits per heavy atom. The van der Waals surface area contributed by atoms with Gasteiger partial charge in [-0.15, -0.1) is 11.3 Å². The summed E-state index contributed by atoms with van der Waals surface area (Å²) in [6.45, 7) is 2.54. The van der Waals surface area contributed by atoms with Crippen LogP contribution in [0.5, 0.6) is 0 Å². The summed E-state index contributed by atoms with van der Waals surface area (Å²) in [7, 11) is 1.90. The van der Waals surface area contributed by atoms with Crippen LogP contribution in [0.3, 0.4) is 0 Å². The number of hydrogen-bond acceptors (Lipinski definition) is 4. The predicted molar refractivity (Wildman–Crippen MR) is 117 cm³/mol. The molecule has 3 aromatic heterocycles. The van der Waals surface area contributed by atoms with E-state index < -0.39 is 0 Å². The van der Waals surface area contributed by atoms with Crippen molar-refractivity contribution in [3.63, 3.8) is 0 Å². The lowest BCUT2D eigenvalue weighted by atomic mass is 10.0. The molecule has 0 aliphatic carbocycles. The van der Waals surface area contributed by atoms with Crippen LogP contribution in [-0.2, 0) is 13.6 Å². The zero-order chi connectivity index (χ0) is 20.0. The van der Waals surface area contributed by atoms with Gasteiger partial charge in [0.25, 0.3) is 5.91 Å². The summed E-state index contributed by atoms with van der Waals surface area (Å²) in [6.07, 6.45) is 1.71. The number of carbonyl (C=O) groups is 1. The van der Waals surface area contributed by atoms with E-state index in [0.29, 0.717) is 17.2 Å². The Morgan fingerprint density at radius 1 is 1.10 bits per heavy atom. The van der Waals surface area contributed by atoms with Gasteiger partial charge in [-0.05, 0) is 29.3 Å². The molecule has 29 heavy (non-hydrogen) atoms. The SMILES string of the molecule is Cc1nn(C)c2sc(C(=O)Nc3ccnn3Cc3cccc4ccccc34)cc12. The molecule has 0 bridgehead atoms. The lowest BCUT2D eigenvalue weighted by molar-refractivity contribution is 0.102. The smallest absolute Gasteiger partial charge is 0.266 e. The maximum absolute atomic E-state index is 12.8. The van der Waals surface area contributed by atoms with Crippen molar-refractivity contribution in [2.75, 3.05) is 5.32 Å². The monoisotopic (exact) mass is 401 g/mol. The van der Waals surface area contributed by atoms with Crippen molar-refractivity contribution in [2.24, 2.45) is 7.05 Å². The van der Waals surface area contributed by atoms with E-state index in [1.807, 2.05) is 53.7 Å². The molecular weight excluding hydrogens is 382 g/mol. The number of hydrogen-bond donors (Lipinski definition) is 1. The first kappa shape index (κ1) is 17.6. The van der Waals surface area contributed by atoms with E-state index in [1.165, 1.54) is 22.1 Å². The molecule has 1 amide bonds. The van der Waals surface area contributed by atoms with Crippen molar-refractivity contribution in [1.82, 2.24) is 19.6 Å². The van der Waals surface area contributed by atoms with Crippen molar-refractivity contribution < 1.29 is 4.79 Å². The van der Waals surface area contributed by atoms with Gasteiger partial charge in [0.2, 0.25) is 0 Å². The van der Waals surface area contributed by atoms with Crippen molar-refractivity contribution in [3.8, 4) is 0 Å². The second-order valence-electron chi connectivity index (χ2n) is 7.00. The number of nitrogens with one attached hydrogen (secondary N) is 1. The lowest BCUT2D eigenvalue weighted by Gasteiger charge is -2.10. The standard InChI is InChI=1S/C22H19N5OS/c1-14-18-12-19(29-22(18)26(2)25-14)21(28)24-20-10-11-23-27(20)13-16-8-5-7-15-6-3-4-9-17(15)16/h3-12H,13H2,1-2H3,(H,24,28). The number of anilines is 1. The summed E-state index contributed by atoms with van der Waals surface area (Å²) < 4.78 is 3.64. The fraction of sp³-hybridized carbons (Fsp3) is 0.136. The summed E-state index contributed by atoms with van der Waals surface area (Å²) in [5.41, 5.74) is 2.09. The summed E-state index contributed by atoms with van der Waals surface area (Å²) in [4.78, 5) is 14.5. The van der Waals surface area contributed by atoms with Gasteiger partial charge in [0.15, 0.2) is 0 Å². The van der Waals surface area contributed by atoms with Crippen LogP contribution in [0, 0.1) is 6.92 Å². The Morgan fingerprint density at radius 3 is 2.79 bits per heavy atom. The molecule has 0 atom stereocenters. The first-order chi connectivity index (χ1) is 14.1. The Balaban J connectivity index is 1.42. The third-order valence-corrected chi connectivity index (χ3v) is 6.28. The number of fused-ring (bicyclic) bond motifs is 2. The molecule has 0 radical (unpaired) electrons. The highest BCUT2D eigenvalue weighted by molar-refractivity contribution is 7.20. The van der Waals surface area contributed by atoms with Crippen LogP contribution < -0.4 is 5.32 Å². The van der Waals surface area contributed by atoms with Gasteiger partial charge in [0, 0.05) is 18.5 Å². The highest BCUT2D eigenvalue weighted by atomic mass is 32.1. The Hall–Kier alpha value is -3.45. The van der Waals surface area contributed by atoms with Crippen LogP contribution in [-0.4, -0.2) is 25.5 Å². The van der Waals surface area contributed by atoms with Gasteiger partial charge in [-0.1, -0.05) is 42.5 Å². The van der Waals surface area contributed by atoms with E-state index in [4.69, 9.17) is 0 Å². The molecule has 0 fully saturated rings. The van der Waals surface area contributed by atoms with E-state index in [9.17, 15) is 4.79 Å². The molecule has 0 unspecified atom stereocenters. The molecule has 0 aliphatic rings. The number of rotatable bonds is 4. The molecule has 0 aliphatic heterocycles. The number of nitrogens with zero attached hydrogens (tertiary/aromatic N) is 4. The number of aromatic nitrogens is 4. The van der Waals surface area contributed by atoms with Gasteiger partial charge >= 0.3 is 0 Å². The normalized spacial score (nSPS) is 11.4. The fourth-order valence-corrected chi connectivity index (χ4v) is 4.67. The second kappa shape index (κ2) is 6.86. The van der Waals surface area contributed by atoms with Crippen LogP contribution in [0.25, 0.3) is 21.0 Å². The highest BCUT2D eigenvalue weighted by Gasteiger charge is 2.16. The Bertz CT molecular complexity index is 1320. The van der Waals surface area contributed by atoms with E-state index in [-0.39, 0.29) is 5.91 Å². The molecule has 144 valence electrons. The average Bonchev–Trinajstić information content (AvgIpc) is 3.41. The molecule has 1 N–H and O–H groups in total. The fourth-order valence-electron chi connectivity index (χ4n) is 3.65. The van der Waals surface area contributed by atoms with Gasteiger partial charge in [0.1, 0.15) is 10.6 Å². The molecule has 5 aromatic rings. The van der Waals surface area contributed by atoms with E-state index in [1.54, 1.807) is 6.20 Å². The zero-order valence-corrected chi connectivity index (χ0v) is 16.9. The molecule has 7 heteroatoms. The van der Waals surface area contributed by atoms with E-state index in [2.05, 4.69) is 39.8 Å². The molecule has 6 nitrogen and oxygen atoms in total. The maximum atomic E-state index is 12.8. The molecule has 0 spiro atoms. The third kappa shape index (κ3) is 3.09. The molecule has 2 aromatic carbocycles. The minimum Gasteiger partial charge on any atom is -0.306 e. The molecular formula is C22H19N5OS. The third-order valence-electron chi connectivity index (χ3n) is 5.08. The maximum Gasteiger partial charge on any atom is 0.266 e. The molecule has 3 heterocycles.